The summed E-state index contributed by atoms with van der Waals surface area (Å²) in [6.07, 6.45) is 4.64. The molecule has 1 aromatic carbocycles. The van der Waals surface area contributed by atoms with Gasteiger partial charge in [0.15, 0.2) is 0 Å². The molecule has 0 aliphatic carbocycles. The van der Waals surface area contributed by atoms with Crippen LogP contribution in [0.5, 0.6) is 5.75 Å². The molecule has 4 heteroatoms. The highest BCUT2D eigenvalue weighted by atomic mass is 16.5. The van der Waals surface area contributed by atoms with Gasteiger partial charge >= 0.3 is 0 Å². The van der Waals surface area contributed by atoms with Crippen LogP contribution in [0, 0.1) is 0 Å². The van der Waals surface area contributed by atoms with Crippen LogP contribution in [-0.2, 0) is 20.1 Å². The van der Waals surface area contributed by atoms with E-state index in [1.165, 1.54) is 5.56 Å². The van der Waals surface area contributed by atoms with Gasteiger partial charge < -0.3 is 10.5 Å². The first-order valence-electron chi connectivity index (χ1n) is 5.67. The van der Waals surface area contributed by atoms with Crippen molar-refractivity contribution in [1.29, 1.82) is 0 Å². The zero-order valence-electron chi connectivity index (χ0n) is 9.97. The van der Waals surface area contributed by atoms with Crippen molar-refractivity contribution in [1.82, 2.24) is 9.78 Å². The number of rotatable bonds is 5. The second-order valence-corrected chi connectivity index (χ2v) is 4.00. The summed E-state index contributed by atoms with van der Waals surface area (Å²) in [5.41, 5.74) is 7.80. The third-order valence-corrected chi connectivity index (χ3v) is 2.50. The van der Waals surface area contributed by atoms with Gasteiger partial charge in [0.2, 0.25) is 0 Å². The fourth-order valence-corrected chi connectivity index (χ4v) is 1.67. The Morgan fingerprint density at radius 1 is 1.35 bits per heavy atom. The third kappa shape index (κ3) is 3.32. The maximum Gasteiger partial charge on any atom is 0.120 e. The molecule has 0 spiro atoms. The highest BCUT2D eigenvalue weighted by molar-refractivity contribution is 5.28. The molecule has 0 bridgehead atoms. The molecule has 0 radical (unpaired) electrons. The monoisotopic (exact) mass is 231 g/mol. The highest BCUT2D eigenvalue weighted by Crippen LogP contribution is 2.15. The SMILES string of the molecule is Cn1cc(COc2cccc(CCN)c2)cn1. The van der Waals surface area contributed by atoms with Crippen molar-refractivity contribution in [2.75, 3.05) is 6.54 Å². The van der Waals surface area contributed by atoms with Gasteiger partial charge in [-0.05, 0) is 30.7 Å². The van der Waals surface area contributed by atoms with Gasteiger partial charge in [-0.15, -0.1) is 0 Å². The van der Waals surface area contributed by atoms with Crippen LogP contribution >= 0.6 is 0 Å². The molecular weight excluding hydrogens is 214 g/mol. The summed E-state index contributed by atoms with van der Waals surface area (Å²) in [5, 5.41) is 4.10. The molecule has 17 heavy (non-hydrogen) atoms. The number of ether oxygens (including phenoxy) is 1. The van der Waals surface area contributed by atoms with E-state index in [4.69, 9.17) is 10.5 Å². The normalized spacial score (nSPS) is 10.5. The molecule has 0 amide bonds. The van der Waals surface area contributed by atoms with E-state index in [9.17, 15) is 0 Å². The fourth-order valence-electron chi connectivity index (χ4n) is 1.67. The molecule has 0 aliphatic rings. The topological polar surface area (TPSA) is 53.1 Å². The van der Waals surface area contributed by atoms with Crippen molar-refractivity contribution in [3.05, 3.63) is 47.8 Å². The third-order valence-electron chi connectivity index (χ3n) is 2.50. The highest BCUT2D eigenvalue weighted by Gasteiger charge is 1.99. The number of nitrogens with two attached hydrogens (primary N) is 1. The largest absolute Gasteiger partial charge is 0.489 e. The summed E-state index contributed by atoms with van der Waals surface area (Å²) in [5.74, 6) is 0.875. The van der Waals surface area contributed by atoms with Crippen LogP contribution in [0.15, 0.2) is 36.7 Å². The summed E-state index contributed by atoms with van der Waals surface area (Å²) >= 11 is 0. The lowest BCUT2D eigenvalue weighted by Crippen LogP contribution is -2.03. The molecule has 2 N–H and O–H groups in total. The van der Waals surface area contributed by atoms with Crippen LogP contribution in [0.4, 0.5) is 0 Å². The first-order chi connectivity index (χ1) is 8.28. The molecule has 4 nitrogen and oxygen atoms in total. The van der Waals surface area contributed by atoms with E-state index in [0.29, 0.717) is 13.2 Å². The molecule has 1 heterocycles. The molecule has 0 saturated carbocycles. The van der Waals surface area contributed by atoms with Gasteiger partial charge in [0.1, 0.15) is 12.4 Å². The van der Waals surface area contributed by atoms with E-state index in [1.807, 2.05) is 37.6 Å². The van der Waals surface area contributed by atoms with Crippen LogP contribution < -0.4 is 10.5 Å². The van der Waals surface area contributed by atoms with Crippen molar-refractivity contribution in [2.45, 2.75) is 13.0 Å². The molecule has 2 aromatic rings. The van der Waals surface area contributed by atoms with Crippen LogP contribution in [0.3, 0.4) is 0 Å². The van der Waals surface area contributed by atoms with Crippen LogP contribution in [-0.4, -0.2) is 16.3 Å². The molecule has 0 atom stereocenters. The number of hydrogen-bond acceptors (Lipinski definition) is 3. The number of nitrogens with zero attached hydrogens (tertiary/aromatic N) is 2. The lowest BCUT2D eigenvalue weighted by Gasteiger charge is -2.06. The number of aromatic nitrogens is 2. The summed E-state index contributed by atoms with van der Waals surface area (Å²) in [6.45, 7) is 1.20. The second-order valence-electron chi connectivity index (χ2n) is 4.00. The van der Waals surface area contributed by atoms with Crippen LogP contribution in [0.1, 0.15) is 11.1 Å². The molecule has 90 valence electrons. The Hall–Kier alpha value is -1.81. The standard InChI is InChI=1S/C13H17N3O/c1-16-9-12(8-15-16)10-17-13-4-2-3-11(7-13)5-6-14/h2-4,7-9H,5-6,10,14H2,1H3. The van der Waals surface area contributed by atoms with Gasteiger partial charge in [-0.25, -0.2) is 0 Å². The van der Waals surface area contributed by atoms with E-state index >= 15 is 0 Å². The molecule has 0 fully saturated rings. The number of aryl methyl sites for hydroxylation is 1. The smallest absolute Gasteiger partial charge is 0.120 e. The quantitative estimate of drug-likeness (QED) is 0.848. The summed E-state index contributed by atoms with van der Waals surface area (Å²) in [4.78, 5) is 0. The average molecular weight is 231 g/mol. The Morgan fingerprint density at radius 3 is 2.94 bits per heavy atom. The minimum Gasteiger partial charge on any atom is -0.489 e. The van der Waals surface area contributed by atoms with E-state index in [2.05, 4.69) is 11.2 Å². The molecule has 0 aliphatic heterocycles. The zero-order chi connectivity index (χ0) is 12.1. The van der Waals surface area contributed by atoms with Crippen LogP contribution in [0.2, 0.25) is 0 Å². The Bertz CT molecular complexity index is 479. The van der Waals surface area contributed by atoms with Crippen molar-refractivity contribution < 1.29 is 4.74 Å². The second kappa shape index (κ2) is 5.50. The van der Waals surface area contributed by atoms with Gasteiger partial charge in [-0.2, -0.15) is 5.10 Å². The van der Waals surface area contributed by atoms with Crippen molar-refractivity contribution in [3.63, 3.8) is 0 Å². The minimum absolute atomic E-state index is 0.542. The molecule has 2 rings (SSSR count). The fraction of sp³-hybridized carbons (Fsp3) is 0.308. The Morgan fingerprint density at radius 2 is 2.24 bits per heavy atom. The van der Waals surface area contributed by atoms with Crippen LogP contribution in [0.25, 0.3) is 0 Å². The lowest BCUT2D eigenvalue weighted by atomic mass is 10.1. The average Bonchev–Trinajstić information content (AvgIpc) is 2.74. The van der Waals surface area contributed by atoms with E-state index in [0.717, 1.165) is 17.7 Å². The van der Waals surface area contributed by atoms with Crippen molar-refractivity contribution in [2.24, 2.45) is 12.8 Å². The first-order valence-corrected chi connectivity index (χ1v) is 5.67. The molecule has 0 unspecified atom stereocenters. The van der Waals surface area contributed by atoms with Crippen molar-refractivity contribution >= 4 is 0 Å². The van der Waals surface area contributed by atoms with Gasteiger partial charge in [0.25, 0.3) is 0 Å². The minimum atomic E-state index is 0.542. The van der Waals surface area contributed by atoms with Crippen molar-refractivity contribution in [3.8, 4) is 5.75 Å². The zero-order valence-corrected chi connectivity index (χ0v) is 9.97. The maximum atomic E-state index is 5.70. The lowest BCUT2D eigenvalue weighted by molar-refractivity contribution is 0.306. The van der Waals surface area contributed by atoms with Gasteiger partial charge in [-0.3, -0.25) is 4.68 Å². The van der Waals surface area contributed by atoms with Gasteiger partial charge in [-0.1, -0.05) is 12.1 Å². The molecular formula is C13H17N3O. The summed E-state index contributed by atoms with van der Waals surface area (Å²) in [7, 11) is 1.89. The number of hydrogen-bond donors (Lipinski definition) is 1. The van der Waals surface area contributed by atoms with E-state index in [-0.39, 0.29) is 0 Å². The summed E-state index contributed by atoms with van der Waals surface area (Å²) in [6, 6.07) is 8.03. The Balaban J connectivity index is 1.96. The molecule has 0 saturated heterocycles. The van der Waals surface area contributed by atoms with E-state index in [1.54, 1.807) is 4.68 Å². The predicted octanol–water partition coefficient (Wildman–Crippen LogP) is 1.50. The predicted molar refractivity (Wildman–Crippen MR) is 66.7 cm³/mol. The van der Waals surface area contributed by atoms with Gasteiger partial charge in [0.05, 0.1) is 6.20 Å². The van der Waals surface area contributed by atoms with Gasteiger partial charge in [0, 0.05) is 18.8 Å². The number of benzene rings is 1. The Labute approximate surface area is 101 Å². The Kier molecular flexibility index (Phi) is 3.77. The van der Waals surface area contributed by atoms with E-state index < -0.39 is 0 Å². The maximum absolute atomic E-state index is 5.70. The molecule has 1 aromatic heterocycles. The first kappa shape index (κ1) is 11.7. The summed E-state index contributed by atoms with van der Waals surface area (Å²) < 4.78 is 7.47.